The van der Waals surface area contributed by atoms with Gasteiger partial charge in [-0.3, -0.25) is 0 Å². The van der Waals surface area contributed by atoms with Crippen LogP contribution in [0.15, 0.2) is 10.6 Å². The summed E-state index contributed by atoms with van der Waals surface area (Å²) in [5.74, 6) is 1.83. The molecule has 0 spiro atoms. The summed E-state index contributed by atoms with van der Waals surface area (Å²) in [5, 5.41) is 4.06. The molecule has 2 rings (SSSR count). The van der Waals surface area contributed by atoms with Gasteiger partial charge in [0.25, 0.3) is 0 Å². The first kappa shape index (κ1) is 10.4. The van der Waals surface area contributed by atoms with Gasteiger partial charge in [0.05, 0.1) is 0 Å². The predicted molar refractivity (Wildman–Crippen MR) is 59.0 cm³/mol. The van der Waals surface area contributed by atoms with E-state index in [0.29, 0.717) is 6.54 Å². The number of hydrogen-bond acceptors (Lipinski definition) is 5. The van der Waals surface area contributed by atoms with Crippen molar-refractivity contribution in [3.05, 3.63) is 11.8 Å². The molecule has 2 N–H and O–H groups in total. The summed E-state index contributed by atoms with van der Waals surface area (Å²) in [7, 11) is 2.14. The van der Waals surface area contributed by atoms with Crippen LogP contribution in [0.2, 0.25) is 0 Å². The highest BCUT2D eigenvalue weighted by atomic mass is 16.5. The highest BCUT2D eigenvalue weighted by Gasteiger charge is 2.17. The lowest BCUT2D eigenvalue weighted by Gasteiger charge is -2.31. The Morgan fingerprint density at radius 2 is 2.13 bits per heavy atom. The third-order valence-electron chi connectivity index (χ3n) is 2.76. The average Bonchev–Trinajstić information content (AvgIpc) is 2.68. The van der Waals surface area contributed by atoms with Crippen LogP contribution in [0.25, 0.3) is 0 Å². The molecule has 0 radical (unpaired) electrons. The Hall–Kier alpha value is -1.07. The SMILES string of the molecule is CN1CCN(c2cc(CCN)on2)CC1. The van der Waals surface area contributed by atoms with Crippen molar-refractivity contribution < 1.29 is 4.52 Å². The van der Waals surface area contributed by atoms with Crippen molar-refractivity contribution in [2.24, 2.45) is 5.73 Å². The summed E-state index contributed by atoms with van der Waals surface area (Å²) < 4.78 is 5.20. The number of hydrogen-bond donors (Lipinski definition) is 1. The normalized spacial score (nSPS) is 18.4. The van der Waals surface area contributed by atoms with Gasteiger partial charge in [0.1, 0.15) is 5.76 Å². The van der Waals surface area contributed by atoms with Gasteiger partial charge in [-0.25, -0.2) is 0 Å². The zero-order chi connectivity index (χ0) is 10.7. The Bertz CT molecular complexity index is 304. The largest absolute Gasteiger partial charge is 0.359 e. The Morgan fingerprint density at radius 3 is 2.80 bits per heavy atom. The molecule has 0 unspecified atom stereocenters. The smallest absolute Gasteiger partial charge is 0.172 e. The van der Waals surface area contributed by atoms with E-state index in [1.165, 1.54) is 0 Å². The molecule has 1 aromatic rings. The maximum atomic E-state index is 5.46. The molecule has 0 amide bonds. The van der Waals surface area contributed by atoms with Crippen LogP contribution in [0.3, 0.4) is 0 Å². The van der Waals surface area contributed by atoms with Crippen LogP contribution in [0, 0.1) is 0 Å². The van der Waals surface area contributed by atoms with Crippen molar-refractivity contribution in [1.29, 1.82) is 0 Å². The van der Waals surface area contributed by atoms with E-state index in [0.717, 1.165) is 44.2 Å². The molecule has 0 bridgehead atoms. The quantitative estimate of drug-likeness (QED) is 0.756. The lowest BCUT2D eigenvalue weighted by atomic mass is 10.3. The molecule has 1 aliphatic heterocycles. The number of anilines is 1. The molecule has 15 heavy (non-hydrogen) atoms. The molecule has 5 heteroatoms. The van der Waals surface area contributed by atoms with Gasteiger partial charge in [-0.2, -0.15) is 0 Å². The number of likely N-dealkylation sites (N-methyl/N-ethyl adjacent to an activating group) is 1. The lowest BCUT2D eigenvalue weighted by Crippen LogP contribution is -2.44. The fourth-order valence-electron chi connectivity index (χ4n) is 1.75. The molecule has 2 heterocycles. The van der Waals surface area contributed by atoms with Gasteiger partial charge >= 0.3 is 0 Å². The highest BCUT2D eigenvalue weighted by molar-refractivity contribution is 5.38. The number of nitrogens with zero attached hydrogens (tertiary/aromatic N) is 3. The van der Waals surface area contributed by atoms with E-state index in [-0.39, 0.29) is 0 Å². The van der Waals surface area contributed by atoms with Crippen molar-refractivity contribution in [3.8, 4) is 0 Å². The van der Waals surface area contributed by atoms with Gasteiger partial charge in [-0.05, 0) is 13.6 Å². The van der Waals surface area contributed by atoms with Crippen molar-refractivity contribution in [1.82, 2.24) is 10.1 Å². The molecule has 0 aromatic carbocycles. The summed E-state index contributed by atoms with van der Waals surface area (Å²) >= 11 is 0. The van der Waals surface area contributed by atoms with Crippen LogP contribution in [0.5, 0.6) is 0 Å². The van der Waals surface area contributed by atoms with Crippen molar-refractivity contribution >= 4 is 5.82 Å². The van der Waals surface area contributed by atoms with Gasteiger partial charge in [0, 0.05) is 38.7 Å². The van der Waals surface area contributed by atoms with E-state index in [1.807, 2.05) is 6.07 Å². The first-order valence-corrected chi connectivity index (χ1v) is 5.39. The lowest BCUT2D eigenvalue weighted by molar-refractivity contribution is 0.309. The van der Waals surface area contributed by atoms with Crippen LogP contribution in [-0.2, 0) is 6.42 Å². The molecule has 0 aliphatic carbocycles. The third-order valence-corrected chi connectivity index (χ3v) is 2.76. The molecule has 0 saturated carbocycles. The van der Waals surface area contributed by atoms with E-state index in [4.69, 9.17) is 10.3 Å². The zero-order valence-electron chi connectivity index (χ0n) is 9.15. The molecule has 1 fully saturated rings. The van der Waals surface area contributed by atoms with Gasteiger partial charge < -0.3 is 20.1 Å². The van der Waals surface area contributed by atoms with Crippen molar-refractivity contribution in [2.45, 2.75) is 6.42 Å². The van der Waals surface area contributed by atoms with Crippen LogP contribution >= 0.6 is 0 Å². The van der Waals surface area contributed by atoms with E-state index >= 15 is 0 Å². The minimum Gasteiger partial charge on any atom is -0.359 e. The van der Waals surface area contributed by atoms with Crippen LogP contribution in [0.4, 0.5) is 5.82 Å². The van der Waals surface area contributed by atoms with E-state index in [1.54, 1.807) is 0 Å². The highest BCUT2D eigenvalue weighted by Crippen LogP contribution is 2.16. The average molecular weight is 210 g/mol. The van der Waals surface area contributed by atoms with E-state index < -0.39 is 0 Å². The standard InChI is InChI=1S/C10H18N4O/c1-13-4-6-14(7-5-13)10-8-9(2-3-11)15-12-10/h8H,2-7,11H2,1H3. The molecule has 84 valence electrons. The van der Waals surface area contributed by atoms with Gasteiger partial charge in [-0.15, -0.1) is 0 Å². The zero-order valence-corrected chi connectivity index (χ0v) is 9.15. The van der Waals surface area contributed by atoms with Gasteiger partial charge in [0.2, 0.25) is 0 Å². The van der Waals surface area contributed by atoms with Crippen molar-refractivity contribution in [2.75, 3.05) is 44.7 Å². The second-order valence-electron chi connectivity index (χ2n) is 3.98. The van der Waals surface area contributed by atoms with Crippen LogP contribution < -0.4 is 10.6 Å². The van der Waals surface area contributed by atoms with Crippen molar-refractivity contribution in [3.63, 3.8) is 0 Å². The van der Waals surface area contributed by atoms with Gasteiger partial charge in [-0.1, -0.05) is 5.16 Å². The number of piperazine rings is 1. The topological polar surface area (TPSA) is 58.5 Å². The summed E-state index contributed by atoms with van der Waals surface area (Å²) in [5.41, 5.74) is 5.46. The van der Waals surface area contributed by atoms with E-state index in [2.05, 4.69) is 22.0 Å². The molecule has 5 nitrogen and oxygen atoms in total. The number of aromatic nitrogens is 1. The maximum Gasteiger partial charge on any atom is 0.172 e. The monoisotopic (exact) mass is 210 g/mol. The summed E-state index contributed by atoms with van der Waals surface area (Å²) in [4.78, 5) is 4.57. The second kappa shape index (κ2) is 4.63. The fraction of sp³-hybridized carbons (Fsp3) is 0.700. The number of nitrogens with two attached hydrogens (primary N) is 1. The summed E-state index contributed by atoms with van der Waals surface area (Å²) in [6.07, 6.45) is 0.765. The first-order valence-electron chi connectivity index (χ1n) is 5.39. The molecule has 0 atom stereocenters. The Morgan fingerprint density at radius 1 is 1.40 bits per heavy atom. The van der Waals surface area contributed by atoms with Crippen LogP contribution in [-0.4, -0.2) is 49.8 Å². The Labute approximate surface area is 89.8 Å². The molecule has 1 aromatic heterocycles. The van der Waals surface area contributed by atoms with Gasteiger partial charge in [0.15, 0.2) is 5.82 Å². The summed E-state index contributed by atoms with van der Waals surface area (Å²) in [6, 6.07) is 2.00. The molecule has 1 saturated heterocycles. The summed E-state index contributed by atoms with van der Waals surface area (Å²) in [6.45, 7) is 4.81. The number of rotatable bonds is 3. The third kappa shape index (κ3) is 2.49. The molecular weight excluding hydrogens is 192 g/mol. The predicted octanol–water partition coefficient (Wildman–Crippen LogP) is -0.0724. The Kier molecular flexibility index (Phi) is 3.23. The molecule has 1 aliphatic rings. The first-order chi connectivity index (χ1) is 7.29. The van der Waals surface area contributed by atoms with E-state index in [9.17, 15) is 0 Å². The fourth-order valence-corrected chi connectivity index (χ4v) is 1.75. The Balaban J connectivity index is 1.96. The van der Waals surface area contributed by atoms with Crippen LogP contribution in [0.1, 0.15) is 5.76 Å². The minimum absolute atomic E-state index is 0.609. The minimum atomic E-state index is 0.609. The second-order valence-corrected chi connectivity index (χ2v) is 3.98. The molecular formula is C10H18N4O. The maximum absolute atomic E-state index is 5.46.